The van der Waals surface area contributed by atoms with Crippen molar-refractivity contribution >= 4 is 16.8 Å². The zero-order valence-electron chi connectivity index (χ0n) is 14.8. The minimum atomic E-state index is -0.598. The van der Waals surface area contributed by atoms with Crippen molar-refractivity contribution in [2.45, 2.75) is 33.0 Å². The quantitative estimate of drug-likeness (QED) is 0.719. The lowest BCUT2D eigenvalue weighted by Gasteiger charge is -2.20. The molecule has 1 amide bonds. The maximum atomic E-state index is 12.7. The van der Waals surface area contributed by atoms with Crippen LogP contribution in [0, 0.1) is 0 Å². The van der Waals surface area contributed by atoms with E-state index >= 15 is 0 Å². The molecule has 0 aliphatic carbocycles. The van der Waals surface area contributed by atoms with E-state index in [1.165, 1.54) is 0 Å². The molecular weight excluding hydrogens is 332 g/mol. The zero-order chi connectivity index (χ0) is 18.1. The van der Waals surface area contributed by atoms with Crippen LogP contribution in [0.1, 0.15) is 25.2 Å². The minimum absolute atomic E-state index is 0.0848. The fourth-order valence-corrected chi connectivity index (χ4v) is 3.14. The van der Waals surface area contributed by atoms with Crippen LogP contribution in [-0.4, -0.2) is 28.5 Å². The molecular formula is C20H20N2O4. The fourth-order valence-electron chi connectivity index (χ4n) is 3.14. The number of nitrogens with zero attached hydrogens (tertiary/aromatic N) is 2. The largest absolute Gasteiger partial charge is 0.494 e. The first-order valence-electron chi connectivity index (χ1n) is 8.68. The molecule has 0 saturated carbocycles. The molecule has 1 unspecified atom stereocenters. The van der Waals surface area contributed by atoms with E-state index in [4.69, 9.17) is 13.9 Å². The van der Waals surface area contributed by atoms with Crippen LogP contribution in [0.5, 0.6) is 11.6 Å². The molecule has 1 aromatic carbocycles. The molecule has 3 heterocycles. The second-order valence-corrected chi connectivity index (χ2v) is 6.27. The average molecular weight is 352 g/mol. The van der Waals surface area contributed by atoms with Gasteiger partial charge in [0.05, 0.1) is 31.5 Å². The molecule has 0 radical (unpaired) electrons. The summed E-state index contributed by atoms with van der Waals surface area (Å²) in [5.74, 6) is 1.96. The van der Waals surface area contributed by atoms with Crippen LogP contribution in [0.3, 0.4) is 0 Å². The topological polar surface area (TPSA) is 64.8 Å². The van der Waals surface area contributed by atoms with Gasteiger partial charge in [-0.3, -0.25) is 4.79 Å². The highest BCUT2D eigenvalue weighted by Gasteiger charge is 2.29. The molecule has 0 fully saturated rings. The molecule has 1 atom stereocenters. The Morgan fingerprint density at radius 3 is 2.96 bits per heavy atom. The summed E-state index contributed by atoms with van der Waals surface area (Å²) in [5.41, 5.74) is 1.68. The van der Waals surface area contributed by atoms with Gasteiger partial charge in [-0.2, -0.15) is 0 Å². The molecule has 0 bridgehead atoms. The summed E-state index contributed by atoms with van der Waals surface area (Å²) < 4.78 is 16.8. The summed E-state index contributed by atoms with van der Waals surface area (Å²) >= 11 is 0. The van der Waals surface area contributed by atoms with E-state index in [0.717, 1.165) is 28.0 Å². The number of carbonyl (C=O) groups is 1. The van der Waals surface area contributed by atoms with Gasteiger partial charge in [0.1, 0.15) is 11.5 Å². The van der Waals surface area contributed by atoms with Gasteiger partial charge < -0.3 is 18.8 Å². The molecule has 3 aromatic rings. The highest BCUT2D eigenvalue weighted by molar-refractivity contribution is 5.84. The number of carbonyl (C=O) groups excluding carboxylic acids is 1. The van der Waals surface area contributed by atoms with Gasteiger partial charge in [0.2, 0.25) is 5.88 Å². The highest BCUT2D eigenvalue weighted by atomic mass is 16.5. The number of pyridine rings is 1. The van der Waals surface area contributed by atoms with E-state index in [-0.39, 0.29) is 5.91 Å². The second kappa shape index (κ2) is 6.71. The maximum absolute atomic E-state index is 12.7. The molecule has 0 N–H and O–H groups in total. The van der Waals surface area contributed by atoms with Gasteiger partial charge in [-0.25, -0.2) is 4.98 Å². The van der Waals surface area contributed by atoms with Crippen molar-refractivity contribution in [2.75, 3.05) is 6.61 Å². The van der Waals surface area contributed by atoms with Gasteiger partial charge in [0.25, 0.3) is 5.91 Å². The molecule has 1 aliphatic rings. The normalized spacial score (nSPS) is 16.9. The number of fused-ring (bicyclic) bond motifs is 2. The monoisotopic (exact) mass is 352 g/mol. The van der Waals surface area contributed by atoms with Crippen molar-refractivity contribution in [2.24, 2.45) is 0 Å². The summed E-state index contributed by atoms with van der Waals surface area (Å²) in [4.78, 5) is 19.0. The van der Waals surface area contributed by atoms with Gasteiger partial charge in [0.15, 0.2) is 6.10 Å². The Bertz CT molecular complexity index is 936. The molecule has 0 spiro atoms. The Morgan fingerprint density at radius 2 is 2.19 bits per heavy atom. The summed E-state index contributed by atoms with van der Waals surface area (Å²) in [6, 6.07) is 11.4. The van der Waals surface area contributed by atoms with E-state index in [1.54, 1.807) is 18.1 Å². The van der Waals surface area contributed by atoms with Crippen molar-refractivity contribution in [3.63, 3.8) is 0 Å². The predicted molar refractivity (Wildman–Crippen MR) is 96.0 cm³/mol. The number of hydrogen-bond acceptors (Lipinski definition) is 5. The number of benzene rings is 1. The molecule has 134 valence electrons. The third-order valence-corrected chi connectivity index (χ3v) is 4.37. The lowest BCUT2D eigenvalue weighted by Crippen LogP contribution is -2.37. The first-order valence-corrected chi connectivity index (χ1v) is 8.68. The lowest BCUT2D eigenvalue weighted by atomic mass is 10.1. The van der Waals surface area contributed by atoms with Gasteiger partial charge in [0, 0.05) is 10.9 Å². The standard InChI is InChI=1S/C20H20N2O4/c1-3-24-16-6-7-18-14(10-16)9-15-11-22(12-17-5-4-8-25-17)20(23)13(2)26-19(15)21-18/h4-10,13H,3,11-12H2,1-2H3. The number of furan rings is 1. The van der Waals surface area contributed by atoms with Crippen LogP contribution in [0.15, 0.2) is 47.1 Å². The predicted octanol–water partition coefficient (Wildman–Crippen LogP) is 3.54. The Balaban J connectivity index is 1.72. The number of amides is 1. The zero-order valence-corrected chi connectivity index (χ0v) is 14.8. The summed E-state index contributed by atoms with van der Waals surface area (Å²) in [6.07, 6.45) is 1.01. The molecule has 6 heteroatoms. The number of ether oxygens (including phenoxy) is 2. The molecule has 6 nitrogen and oxygen atoms in total. The van der Waals surface area contributed by atoms with Crippen molar-refractivity contribution in [1.29, 1.82) is 0 Å². The Kier molecular flexibility index (Phi) is 4.24. The van der Waals surface area contributed by atoms with Gasteiger partial charge >= 0.3 is 0 Å². The number of hydrogen-bond donors (Lipinski definition) is 0. The lowest BCUT2D eigenvalue weighted by molar-refractivity contribution is -0.138. The Labute approximate surface area is 151 Å². The van der Waals surface area contributed by atoms with Crippen molar-refractivity contribution in [3.8, 4) is 11.6 Å². The van der Waals surface area contributed by atoms with Crippen LogP contribution >= 0.6 is 0 Å². The van der Waals surface area contributed by atoms with Crippen LogP contribution in [0.25, 0.3) is 10.9 Å². The highest BCUT2D eigenvalue weighted by Crippen LogP contribution is 2.30. The second-order valence-electron chi connectivity index (χ2n) is 6.27. The molecule has 2 aromatic heterocycles. The van der Waals surface area contributed by atoms with E-state index in [0.29, 0.717) is 25.6 Å². The Hall–Kier alpha value is -3.02. The van der Waals surface area contributed by atoms with Crippen molar-refractivity contribution in [3.05, 3.63) is 54.0 Å². The molecule has 26 heavy (non-hydrogen) atoms. The van der Waals surface area contributed by atoms with Crippen LogP contribution in [0.2, 0.25) is 0 Å². The Morgan fingerprint density at radius 1 is 1.31 bits per heavy atom. The molecule has 4 rings (SSSR count). The van der Waals surface area contributed by atoms with E-state index in [1.807, 2.05) is 43.3 Å². The smallest absolute Gasteiger partial charge is 0.264 e. The SMILES string of the molecule is CCOc1ccc2nc3c(cc2c1)CN(Cc1ccco1)C(=O)C(C)O3. The fraction of sp³-hybridized carbons (Fsp3) is 0.300. The van der Waals surface area contributed by atoms with Crippen molar-refractivity contribution in [1.82, 2.24) is 9.88 Å². The number of rotatable bonds is 4. The summed E-state index contributed by atoms with van der Waals surface area (Å²) in [6.45, 7) is 5.12. The average Bonchev–Trinajstić information content (AvgIpc) is 3.10. The van der Waals surface area contributed by atoms with Gasteiger partial charge in [-0.05, 0) is 50.2 Å². The van der Waals surface area contributed by atoms with Crippen LogP contribution in [-0.2, 0) is 17.9 Å². The summed E-state index contributed by atoms with van der Waals surface area (Å²) in [7, 11) is 0. The van der Waals surface area contributed by atoms with Crippen LogP contribution in [0.4, 0.5) is 0 Å². The van der Waals surface area contributed by atoms with E-state index in [9.17, 15) is 4.79 Å². The maximum Gasteiger partial charge on any atom is 0.264 e. The van der Waals surface area contributed by atoms with Gasteiger partial charge in [-0.1, -0.05) is 0 Å². The molecule has 0 saturated heterocycles. The minimum Gasteiger partial charge on any atom is -0.494 e. The first-order chi connectivity index (χ1) is 12.6. The van der Waals surface area contributed by atoms with E-state index in [2.05, 4.69) is 4.98 Å². The van der Waals surface area contributed by atoms with Crippen LogP contribution < -0.4 is 9.47 Å². The van der Waals surface area contributed by atoms with Gasteiger partial charge in [-0.15, -0.1) is 0 Å². The van der Waals surface area contributed by atoms with E-state index < -0.39 is 6.10 Å². The third-order valence-electron chi connectivity index (χ3n) is 4.37. The molecule has 1 aliphatic heterocycles. The number of aromatic nitrogens is 1. The summed E-state index contributed by atoms with van der Waals surface area (Å²) in [5, 5.41) is 0.957. The third kappa shape index (κ3) is 3.10. The van der Waals surface area contributed by atoms with Crippen molar-refractivity contribution < 1.29 is 18.7 Å². The first kappa shape index (κ1) is 16.4.